The first-order valence-electron chi connectivity index (χ1n) is 33.1. The van der Waals surface area contributed by atoms with Gasteiger partial charge in [0.25, 0.3) is 0 Å². The van der Waals surface area contributed by atoms with E-state index in [2.05, 4.69) is 133 Å². The molecule has 10 heteroatoms. The zero-order chi connectivity index (χ0) is 58.8. The predicted molar refractivity (Wildman–Crippen MR) is 366 cm³/mol. The van der Waals surface area contributed by atoms with Gasteiger partial charge in [0.1, 0.15) is 18.1 Å². The highest BCUT2D eigenvalue weighted by Crippen LogP contribution is 2.52. The molecule has 7 nitrogen and oxygen atoms in total. The number of carbonyl (C=O) groups excluding carboxylic acids is 2. The van der Waals surface area contributed by atoms with E-state index in [1.54, 1.807) is 6.08 Å². The number of aliphatic hydroxyl groups is 1. The van der Waals surface area contributed by atoms with Crippen LogP contribution in [0.2, 0.25) is 0 Å². The van der Waals surface area contributed by atoms with Crippen molar-refractivity contribution in [3.8, 4) is 25.9 Å². The van der Waals surface area contributed by atoms with Gasteiger partial charge in [-0.05, 0) is 91.8 Å². The molecule has 0 unspecified atom stereocenters. The fourth-order valence-corrected chi connectivity index (χ4v) is 17.2. The largest absolute Gasteiger partial charge is 0.506 e. The number of hydrogen-bond donors (Lipinski definition) is 1. The van der Waals surface area contributed by atoms with Crippen molar-refractivity contribution >= 4 is 116 Å². The maximum atomic E-state index is 14.5. The van der Waals surface area contributed by atoms with Crippen LogP contribution in [0.15, 0.2) is 108 Å². The maximum Gasteiger partial charge on any atom is 0.237 e. The van der Waals surface area contributed by atoms with Crippen molar-refractivity contribution in [1.82, 2.24) is 9.13 Å². The van der Waals surface area contributed by atoms with Gasteiger partial charge >= 0.3 is 0 Å². The van der Waals surface area contributed by atoms with Gasteiger partial charge in [0.15, 0.2) is 0 Å². The smallest absolute Gasteiger partial charge is 0.237 e. The molecule has 0 radical (unpaired) electrons. The number of ether oxygens (including phenoxy) is 1. The summed E-state index contributed by atoms with van der Waals surface area (Å²) in [6, 6.07) is 31.1. The van der Waals surface area contributed by atoms with Crippen molar-refractivity contribution in [2.45, 2.75) is 208 Å². The van der Waals surface area contributed by atoms with E-state index in [9.17, 15) is 14.7 Å². The number of thiophene rings is 3. The van der Waals surface area contributed by atoms with E-state index in [1.807, 2.05) is 40.1 Å². The lowest BCUT2D eigenvalue weighted by Crippen LogP contribution is -2.19. The first kappa shape index (κ1) is 60.6. The Balaban J connectivity index is 0.990. The molecule has 5 aromatic heterocycles. The second-order valence-electron chi connectivity index (χ2n) is 24.3. The van der Waals surface area contributed by atoms with E-state index in [4.69, 9.17) is 4.74 Å². The average Bonchev–Trinajstić information content (AvgIpc) is 2.32. The van der Waals surface area contributed by atoms with Gasteiger partial charge in [-0.2, -0.15) is 4.58 Å². The minimum atomic E-state index is -0.665. The monoisotopic (exact) mass is 1190 g/mol. The molecule has 0 fully saturated rings. The molecule has 6 heterocycles. The molecule has 0 bridgehead atoms. The van der Waals surface area contributed by atoms with Crippen molar-refractivity contribution in [2.75, 3.05) is 13.2 Å². The summed E-state index contributed by atoms with van der Waals surface area (Å²) < 4.78 is 17.0. The molecule has 0 amide bonds. The minimum absolute atomic E-state index is 0.0601. The Kier molecular flexibility index (Phi) is 20.4. The van der Waals surface area contributed by atoms with E-state index in [-0.39, 0.29) is 16.9 Å². The summed E-state index contributed by atoms with van der Waals surface area (Å²) in [5.74, 6) is -0.613. The topological polar surface area (TPSA) is 76.5 Å². The number of benzene rings is 4. The molecule has 1 aliphatic heterocycles. The zero-order valence-electron chi connectivity index (χ0n) is 51.5. The third-order valence-electron chi connectivity index (χ3n) is 18.1. The molecule has 1 N–H and O–H groups in total. The molecular formula is C75H90N3O4S3+. The van der Waals surface area contributed by atoms with Crippen LogP contribution in [0.5, 0.6) is 5.75 Å². The van der Waals surface area contributed by atoms with Gasteiger partial charge in [-0.1, -0.05) is 193 Å². The third kappa shape index (κ3) is 12.7. The molecule has 446 valence electrons. The SMILES string of the molecule is CCCCCCCCn1/c(=C/C2=C(O)C(=C/C3=[N+](CCCCCCCC)c4ccc(-c5cc(OCCCCCC)c(-c6cc7c(s6)c6sc(CCCCCC)cc6n7CCCCCC)s5)c5cccc3c45)/C(=O)C2=O)c2cccc3cccc1c32. The molecular weight excluding hydrogens is 1100 g/mol. The normalized spacial score (nSPS) is 14.5. The van der Waals surface area contributed by atoms with Crippen LogP contribution in [0.4, 0.5) is 5.69 Å². The fraction of sp³-hybridized carbons (Fsp3) is 0.453. The van der Waals surface area contributed by atoms with Crippen molar-refractivity contribution < 1.29 is 24.0 Å². The lowest BCUT2D eigenvalue weighted by molar-refractivity contribution is -0.436. The highest BCUT2D eigenvalue weighted by molar-refractivity contribution is 7.31. The molecule has 1 aliphatic carbocycles. The Morgan fingerprint density at radius 1 is 0.529 bits per heavy atom. The van der Waals surface area contributed by atoms with E-state index in [1.165, 1.54) is 151 Å². The Morgan fingerprint density at radius 3 is 1.91 bits per heavy atom. The van der Waals surface area contributed by atoms with Gasteiger partial charge in [-0.25, -0.2) is 0 Å². The van der Waals surface area contributed by atoms with Crippen molar-refractivity contribution in [2.24, 2.45) is 0 Å². The minimum Gasteiger partial charge on any atom is -0.506 e. The molecule has 0 saturated heterocycles. The summed E-state index contributed by atoms with van der Waals surface area (Å²) in [6.45, 7) is 14.6. The van der Waals surface area contributed by atoms with Gasteiger partial charge in [0, 0.05) is 68.6 Å². The van der Waals surface area contributed by atoms with Gasteiger partial charge in [0.05, 0.1) is 58.9 Å². The molecule has 0 atom stereocenters. The van der Waals surface area contributed by atoms with Crippen molar-refractivity contribution in [1.29, 1.82) is 0 Å². The van der Waals surface area contributed by atoms with Gasteiger partial charge in [0.2, 0.25) is 23.0 Å². The number of nitrogens with zero attached hydrogens (tertiary/aromatic N) is 3. The number of hydrogen-bond acceptors (Lipinski definition) is 7. The Labute approximate surface area is 516 Å². The first-order valence-corrected chi connectivity index (χ1v) is 35.5. The van der Waals surface area contributed by atoms with Crippen LogP contribution in [0.1, 0.15) is 199 Å². The van der Waals surface area contributed by atoms with Gasteiger partial charge in [-0.3, -0.25) is 9.59 Å². The number of Topliss-reactive ketones (excluding diaryl/α,β-unsaturated/α-hetero) is 2. The predicted octanol–water partition coefficient (Wildman–Crippen LogP) is 21.5. The number of aromatic nitrogens is 2. The molecule has 11 rings (SSSR count). The average molecular weight is 1190 g/mol. The number of aryl methyl sites for hydroxylation is 3. The lowest BCUT2D eigenvalue weighted by atomic mass is 9.96. The number of fused-ring (bicyclic) bond motifs is 3. The van der Waals surface area contributed by atoms with Crippen LogP contribution in [0, 0.1) is 0 Å². The highest BCUT2D eigenvalue weighted by Gasteiger charge is 2.39. The zero-order valence-corrected chi connectivity index (χ0v) is 53.9. The maximum absolute atomic E-state index is 14.5. The summed E-state index contributed by atoms with van der Waals surface area (Å²) in [6.07, 6.45) is 33.3. The quantitative estimate of drug-likeness (QED) is 0.0189. The Morgan fingerprint density at radius 2 is 1.15 bits per heavy atom. The second-order valence-corrected chi connectivity index (χ2v) is 27.5. The molecule has 0 saturated carbocycles. The second kappa shape index (κ2) is 28.6. The van der Waals surface area contributed by atoms with E-state index in [0.717, 1.165) is 136 Å². The van der Waals surface area contributed by atoms with E-state index >= 15 is 0 Å². The molecule has 4 aromatic carbocycles. The van der Waals surface area contributed by atoms with Crippen LogP contribution >= 0.6 is 34.0 Å². The number of rotatable bonds is 34. The number of unbranched alkanes of at least 4 members (excludes halogenated alkanes) is 19. The first-order chi connectivity index (χ1) is 41.8. The molecule has 9 aromatic rings. The number of allylic oxidation sites excluding steroid dienone is 3. The Bertz CT molecular complexity index is 3990. The van der Waals surface area contributed by atoms with E-state index in [0.29, 0.717) is 6.61 Å². The number of ketones is 2. The number of carbonyl (C=O) groups is 2. The van der Waals surface area contributed by atoms with E-state index < -0.39 is 11.6 Å². The standard InChI is InChI=1S/C75H89N3O4S3/c1-6-11-16-21-23-27-42-76-59-39-31-34-51-33-30-37-55(68(51)59)61(76)47-57-70(79)58(72(81)71(57)80)48-62-56-38-32-36-54-53(40-41-60(69(54)56)77(62)43-28-24-22-17-12-7-2)66-50-65(82-45-29-20-15-10-5)75(84-66)67-49-64-74(85-67)73-63(78(64)44-26-19-14-9-4)46-52(83-73)35-25-18-13-8-3/h30-34,36-41,46-50H,6-29,35,42-45H2,1-5H3/p+1. The van der Waals surface area contributed by atoms with Gasteiger partial charge < -0.3 is 19.0 Å². The summed E-state index contributed by atoms with van der Waals surface area (Å²) in [4.78, 5) is 34.1. The van der Waals surface area contributed by atoms with Crippen molar-refractivity contribution in [3.05, 3.63) is 124 Å². The molecule has 0 spiro atoms. The lowest BCUT2D eigenvalue weighted by Gasteiger charge is -2.07. The Hall–Kier alpha value is -6.07. The summed E-state index contributed by atoms with van der Waals surface area (Å²) >= 11 is 5.80. The summed E-state index contributed by atoms with van der Waals surface area (Å²) in [5, 5.41) is 18.8. The summed E-state index contributed by atoms with van der Waals surface area (Å²) in [5.41, 5.74) is 8.09. The van der Waals surface area contributed by atoms with Crippen LogP contribution < -0.4 is 10.1 Å². The van der Waals surface area contributed by atoms with Crippen LogP contribution in [-0.2, 0) is 29.1 Å². The summed E-state index contributed by atoms with van der Waals surface area (Å²) in [7, 11) is 0. The van der Waals surface area contributed by atoms with Gasteiger partial charge in [-0.15, -0.1) is 34.0 Å². The molecule has 85 heavy (non-hydrogen) atoms. The fourth-order valence-electron chi connectivity index (χ4n) is 13.5. The number of aliphatic hydroxyl groups excluding tert-OH is 1. The molecule has 2 aliphatic rings. The van der Waals surface area contributed by atoms with Crippen molar-refractivity contribution in [3.63, 3.8) is 0 Å². The van der Waals surface area contributed by atoms with Crippen LogP contribution in [-0.4, -0.2) is 49.2 Å². The van der Waals surface area contributed by atoms with Crippen LogP contribution in [0.3, 0.4) is 0 Å². The third-order valence-corrected chi connectivity index (χ3v) is 21.9. The van der Waals surface area contributed by atoms with Crippen LogP contribution in [0.25, 0.3) is 79.2 Å². The highest BCUT2D eigenvalue weighted by atomic mass is 32.1.